The zero-order valence-electron chi connectivity index (χ0n) is 11.6. The van der Waals surface area contributed by atoms with Crippen molar-refractivity contribution in [3.8, 4) is 0 Å². The lowest BCUT2D eigenvalue weighted by Gasteiger charge is -2.05. The van der Waals surface area contributed by atoms with Crippen LogP contribution in [-0.4, -0.2) is 48.2 Å². The van der Waals surface area contributed by atoms with E-state index < -0.39 is 0 Å². The van der Waals surface area contributed by atoms with Crippen LogP contribution >= 0.6 is 0 Å². The molecule has 6 heteroatoms. The highest BCUT2D eigenvalue weighted by atomic mass is 16.5. The van der Waals surface area contributed by atoms with Crippen molar-refractivity contribution >= 4 is 0 Å². The minimum Gasteiger partial charge on any atom is -0.382 e. The minimum absolute atomic E-state index is 0.670. The average molecular weight is 256 g/mol. The van der Waals surface area contributed by atoms with E-state index in [2.05, 4.69) is 15.5 Å². The number of aryl methyl sites for hydroxylation is 1. The largest absolute Gasteiger partial charge is 0.382 e. The van der Waals surface area contributed by atoms with Gasteiger partial charge in [0, 0.05) is 20.8 Å². The lowest BCUT2D eigenvalue weighted by Crippen LogP contribution is -2.18. The van der Waals surface area contributed by atoms with E-state index in [0.29, 0.717) is 13.2 Å². The molecule has 0 aromatic carbocycles. The third-order valence-electron chi connectivity index (χ3n) is 2.79. The molecule has 0 bridgehead atoms. The molecule has 1 aromatic rings. The second-order valence-electron chi connectivity index (χ2n) is 4.21. The number of hydrogen-bond donors (Lipinski definition) is 1. The van der Waals surface area contributed by atoms with Crippen molar-refractivity contribution < 1.29 is 9.47 Å². The summed E-state index contributed by atoms with van der Waals surface area (Å²) in [6.45, 7) is 5.84. The molecule has 0 aliphatic carbocycles. The van der Waals surface area contributed by atoms with Gasteiger partial charge in [-0.15, -0.1) is 10.2 Å². The van der Waals surface area contributed by atoms with Crippen molar-refractivity contribution in [1.82, 2.24) is 20.1 Å². The van der Waals surface area contributed by atoms with Gasteiger partial charge in [-0.1, -0.05) is 0 Å². The van der Waals surface area contributed by atoms with Crippen LogP contribution in [0.4, 0.5) is 0 Å². The van der Waals surface area contributed by atoms with E-state index in [4.69, 9.17) is 9.47 Å². The topological polar surface area (TPSA) is 61.2 Å². The van der Waals surface area contributed by atoms with Crippen LogP contribution < -0.4 is 5.32 Å². The van der Waals surface area contributed by atoms with Crippen LogP contribution in [0.3, 0.4) is 0 Å². The molecule has 0 aliphatic rings. The molecule has 18 heavy (non-hydrogen) atoms. The second-order valence-corrected chi connectivity index (χ2v) is 4.21. The monoisotopic (exact) mass is 256 g/mol. The third-order valence-corrected chi connectivity index (χ3v) is 2.79. The molecule has 1 heterocycles. The highest BCUT2D eigenvalue weighted by Crippen LogP contribution is 1.97. The van der Waals surface area contributed by atoms with Crippen molar-refractivity contribution in [1.29, 1.82) is 0 Å². The van der Waals surface area contributed by atoms with Crippen LogP contribution in [0.5, 0.6) is 0 Å². The number of rotatable bonds is 10. The Hall–Kier alpha value is -0.980. The standard InChI is InChI=1S/C12H24N4O2/c1-11-14-15-12(16(11)2)10-13-6-4-5-7-18-9-8-17-3/h13H,4-10H2,1-3H3. The molecule has 0 amide bonds. The zero-order valence-corrected chi connectivity index (χ0v) is 11.6. The van der Waals surface area contributed by atoms with Gasteiger partial charge in [0.2, 0.25) is 0 Å². The molecule has 1 rings (SSSR count). The second kappa shape index (κ2) is 9.02. The van der Waals surface area contributed by atoms with Crippen LogP contribution in [0.2, 0.25) is 0 Å². The fraction of sp³-hybridized carbons (Fsp3) is 0.833. The molecule has 0 saturated heterocycles. The van der Waals surface area contributed by atoms with E-state index in [1.165, 1.54) is 0 Å². The van der Waals surface area contributed by atoms with Gasteiger partial charge in [-0.05, 0) is 26.3 Å². The van der Waals surface area contributed by atoms with E-state index in [1.807, 2.05) is 18.5 Å². The van der Waals surface area contributed by atoms with Gasteiger partial charge in [0.1, 0.15) is 11.6 Å². The van der Waals surface area contributed by atoms with Crippen molar-refractivity contribution in [2.45, 2.75) is 26.3 Å². The maximum atomic E-state index is 5.38. The first kappa shape index (κ1) is 15.1. The van der Waals surface area contributed by atoms with Crippen LogP contribution in [0.25, 0.3) is 0 Å². The van der Waals surface area contributed by atoms with Gasteiger partial charge in [-0.2, -0.15) is 0 Å². The summed E-state index contributed by atoms with van der Waals surface area (Å²) in [4.78, 5) is 0. The van der Waals surface area contributed by atoms with Gasteiger partial charge in [-0.3, -0.25) is 0 Å². The highest BCUT2D eigenvalue weighted by molar-refractivity contribution is 4.91. The summed E-state index contributed by atoms with van der Waals surface area (Å²) in [5.41, 5.74) is 0. The lowest BCUT2D eigenvalue weighted by atomic mass is 10.3. The number of nitrogens with one attached hydrogen (secondary N) is 1. The molecule has 0 spiro atoms. The summed E-state index contributed by atoms with van der Waals surface area (Å²) in [7, 11) is 3.66. The number of aromatic nitrogens is 3. The number of nitrogens with zero attached hydrogens (tertiary/aromatic N) is 3. The minimum atomic E-state index is 0.670. The molecule has 6 nitrogen and oxygen atoms in total. The fourth-order valence-electron chi connectivity index (χ4n) is 1.50. The summed E-state index contributed by atoms with van der Waals surface area (Å²) < 4.78 is 12.3. The normalized spacial score (nSPS) is 11.1. The van der Waals surface area contributed by atoms with E-state index in [9.17, 15) is 0 Å². The first-order valence-corrected chi connectivity index (χ1v) is 6.38. The number of ether oxygens (including phenoxy) is 2. The van der Waals surface area contributed by atoms with Crippen molar-refractivity contribution in [2.24, 2.45) is 7.05 Å². The Morgan fingerprint density at radius 2 is 2.00 bits per heavy atom. The molecular weight excluding hydrogens is 232 g/mol. The summed E-state index contributed by atoms with van der Waals surface area (Å²) in [5.74, 6) is 1.92. The van der Waals surface area contributed by atoms with Gasteiger partial charge >= 0.3 is 0 Å². The van der Waals surface area contributed by atoms with Crippen LogP contribution in [-0.2, 0) is 23.1 Å². The number of unbranched alkanes of at least 4 members (excludes halogenated alkanes) is 1. The van der Waals surface area contributed by atoms with E-state index in [1.54, 1.807) is 7.11 Å². The summed E-state index contributed by atoms with van der Waals surface area (Å²) in [5, 5.41) is 11.5. The SMILES string of the molecule is COCCOCCCCNCc1nnc(C)n1C. The Bertz CT molecular complexity index is 328. The highest BCUT2D eigenvalue weighted by Gasteiger charge is 2.03. The van der Waals surface area contributed by atoms with Crippen LogP contribution in [0.15, 0.2) is 0 Å². The zero-order chi connectivity index (χ0) is 13.2. The maximum Gasteiger partial charge on any atom is 0.146 e. The van der Waals surface area contributed by atoms with E-state index >= 15 is 0 Å². The maximum absolute atomic E-state index is 5.38. The summed E-state index contributed by atoms with van der Waals surface area (Å²) >= 11 is 0. The predicted octanol–water partition coefficient (Wildman–Crippen LogP) is 0.656. The molecular formula is C12H24N4O2. The molecule has 0 saturated carbocycles. The third kappa shape index (κ3) is 5.57. The fourth-order valence-corrected chi connectivity index (χ4v) is 1.50. The molecule has 1 N–H and O–H groups in total. The quantitative estimate of drug-likeness (QED) is 0.623. The smallest absolute Gasteiger partial charge is 0.146 e. The van der Waals surface area contributed by atoms with Crippen molar-refractivity contribution in [3.63, 3.8) is 0 Å². The Balaban J connectivity index is 1.94. The first-order chi connectivity index (χ1) is 8.75. The van der Waals surface area contributed by atoms with Crippen molar-refractivity contribution in [3.05, 3.63) is 11.6 Å². The van der Waals surface area contributed by atoms with Gasteiger partial charge in [0.25, 0.3) is 0 Å². The summed E-state index contributed by atoms with van der Waals surface area (Å²) in [6, 6.07) is 0. The van der Waals surface area contributed by atoms with Crippen LogP contribution in [0, 0.1) is 6.92 Å². The predicted molar refractivity (Wildman–Crippen MR) is 69.4 cm³/mol. The Labute approximate surface area is 109 Å². The van der Waals surface area contributed by atoms with Gasteiger partial charge < -0.3 is 19.4 Å². The van der Waals surface area contributed by atoms with Gasteiger partial charge in [0.15, 0.2) is 0 Å². The molecule has 104 valence electrons. The molecule has 0 radical (unpaired) electrons. The summed E-state index contributed by atoms with van der Waals surface area (Å²) in [6.07, 6.45) is 2.17. The molecule has 1 aromatic heterocycles. The lowest BCUT2D eigenvalue weighted by molar-refractivity contribution is 0.0688. The van der Waals surface area contributed by atoms with E-state index in [-0.39, 0.29) is 0 Å². The van der Waals surface area contributed by atoms with Gasteiger partial charge in [0.05, 0.1) is 19.8 Å². The molecule has 0 atom stereocenters. The number of methoxy groups -OCH3 is 1. The first-order valence-electron chi connectivity index (χ1n) is 6.38. The Morgan fingerprint density at radius 1 is 1.17 bits per heavy atom. The Kier molecular flexibility index (Phi) is 7.55. The van der Waals surface area contributed by atoms with Crippen LogP contribution in [0.1, 0.15) is 24.5 Å². The molecule has 0 fully saturated rings. The van der Waals surface area contributed by atoms with Crippen molar-refractivity contribution in [2.75, 3.05) is 33.5 Å². The van der Waals surface area contributed by atoms with Gasteiger partial charge in [-0.25, -0.2) is 0 Å². The van der Waals surface area contributed by atoms with E-state index in [0.717, 1.165) is 44.2 Å². The Morgan fingerprint density at radius 3 is 2.67 bits per heavy atom. The average Bonchev–Trinajstić information content (AvgIpc) is 2.68. The number of hydrogen-bond acceptors (Lipinski definition) is 5. The molecule has 0 unspecified atom stereocenters. The molecule has 0 aliphatic heterocycles.